The quantitative estimate of drug-likeness (QED) is 0.843. The second-order valence-electron chi connectivity index (χ2n) is 6.72. The molecule has 1 unspecified atom stereocenters. The molecule has 0 bridgehead atoms. The van der Waals surface area contributed by atoms with Gasteiger partial charge in [0, 0.05) is 12.1 Å². The normalized spacial score (nSPS) is 18.9. The number of rotatable bonds is 6. The Morgan fingerprint density at radius 3 is 2.62 bits per heavy atom. The SMILES string of the molecule is CCCCN1CCC(NC(C)c2cc(C)ccc2C)CC1. The maximum absolute atomic E-state index is 3.85. The van der Waals surface area contributed by atoms with Crippen LogP contribution in [0.2, 0.25) is 0 Å². The van der Waals surface area contributed by atoms with Gasteiger partial charge in [0.25, 0.3) is 0 Å². The predicted octanol–water partition coefficient (Wildman–Crippen LogP) is 4.22. The predicted molar refractivity (Wildman–Crippen MR) is 91.8 cm³/mol. The zero-order valence-electron chi connectivity index (χ0n) is 14.3. The van der Waals surface area contributed by atoms with Gasteiger partial charge < -0.3 is 10.2 Å². The van der Waals surface area contributed by atoms with E-state index in [1.54, 1.807) is 0 Å². The molecule has 1 aliphatic rings. The molecule has 2 heteroatoms. The second-order valence-corrected chi connectivity index (χ2v) is 6.72. The van der Waals surface area contributed by atoms with Crippen molar-refractivity contribution in [2.45, 2.75) is 65.5 Å². The average molecular weight is 288 g/mol. The number of nitrogens with one attached hydrogen (secondary N) is 1. The minimum Gasteiger partial charge on any atom is -0.307 e. The highest BCUT2D eigenvalue weighted by atomic mass is 15.1. The first-order valence-electron chi connectivity index (χ1n) is 8.65. The Balaban J connectivity index is 1.84. The van der Waals surface area contributed by atoms with Crippen LogP contribution < -0.4 is 5.32 Å². The smallest absolute Gasteiger partial charge is 0.0297 e. The fourth-order valence-corrected chi connectivity index (χ4v) is 3.37. The van der Waals surface area contributed by atoms with Crippen LogP contribution in [0.5, 0.6) is 0 Å². The Morgan fingerprint density at radius 2 is 1.95 bits per heavy atom. The summed E-state index contributed by atoms with van der Waals surface area (Å²) in [5.41, 5.74) is 4.23. The largest absolute Gasteiger partial charge is 0.307 e. The first-order chi connectivity index (χ1) is 10.1. The number of nitrogens with zero attached hydrogens (tertiary/aromatic N) is 1. The van der Waals surface area contributed by atoms with Gasteiger partial charge in [0.1, 0.15) is 0 Å². The fourth-order valence-electron chi connectivity index (χ4n) is 3.37. The molecule has 1 fully saturated rings. The van der Waals surface area contributed by atoms with Crippen LogP contribution in [0, 0.1) is 13.8 Å². The van der Waals surface area contributed by atoms with E-state index < -0.39 is 0 Å². The zero-order valence-corrected chi connectivity index (χ0v) is 14.3. The van der Waals surface area contributed by atoms with E-state index in [4.69, 9.17) is 0 Å². The Hall–Kier alpha value is -0.860. The summed E-state index contributed by atoms with van der Waals surface area (Å²) in [5, 5.41) is 3.85. The van der Waals surface area contributed by atoms with E-state index in [1.807, 2.05) is 0 Å². The molecule has 1 aromatic carbocycles. The topological polar surface area (TPSA) is 15.3 Å². The van der Waals surface area contributed by atoms with Gasteiger partial charge >= 0.3 is 0 Å². The van der Waals surface area contributed by atoms with Crippen molar-refractivity contribution in [3.05, 3.63) is 34.9 Å². The summed E-state index contributed by atoms with van der Waals surface area (Å²) in [4.78, 5) is 2.63. The Morgan fingerprint density at radius 1 is 1.24 bits per heavy atom. The molecule has 21 heavy (non-hydrogen) atoms. The van der Waals surface area contributed by atoms with Crippen molar-refractivity contribution in [3.8, 4) is 0 Å². The van der Waals surface area contributed by atoms with Gasteiger partial charge in [0.2, 0.25) is 0 Å². The highest BCUT2D eigenvalue weighted by Gasteiger charge is 2.20. The number of aryl methyl sites for hydroxylation is 2. The fraction of sp³-hybridized carbons (Fsp3) is 0.684. The van der Waals surface area contributed by atoms with Crippen LogP contribution in [0.3, 0.4) is 0 Å². The van der Waals surface area contributed by atoms with Crippen molar-refractivity contribution in [2.24, 2.45) is 0 Å². The zero-order chi connectivity index (χ0) is 15.2. The van der Waals surface area contributed by atoms with Crippen molar-refractivity contribution in [1.82, 2.24) is 10.2 Å². The van der Waals surface area contributed by atoms with E-state index in [-0.39, 0.29) is 0 Å². The van der Waals surface area contributed by atoms with E-state index in [1.165, 1.54) is 62.0 Å². The van der Waals surface area contributed by atoms with Crippen molar-refractivity contribution < 1.29 is 0 Å². The van der Waals surface area contributed by atoms with Crippen LogP contribution in [0.1, 0.15) is 62.3 Å². The average Bonchev–Trinajstić information content (AvgIpc) is 2.49. The molecule has 0 radical (unpaired) electrons. The Bertz CT molecular complexity index is 433. The molecular formula is C19H32N2. The monoisotopic (exact) mass is 288 g/mol. The summed E-state index contributed by atoms with van der Waals surface area (Å²) < 4.78 is 0. The van der Waals surface area contributed by atoms with Crippen molar-refractivity contribution in [2.75, 3.05) is 19.6 Å². The van der Waals surface area contributed by atoms with Crippen LogP contribution in [-0.2, 0) is 0 Å². The standard InChI is InChI=1S/C19H32N2/c1-5-6-11-21-12-9-18(10-13-21)20-17(4)19-14-15(2)7-8-16(19)3/h7-8,14,17-18,20H,5-6,9-13H2,1-4H3. The minimum atomic E-state index is 0.456. The highest BCUT2D eigenvalue weighted by Crippen LogP contribution is 2.21. The van der Waals surface area contributed by atoms with E-state index >= 15 is 0 Å². The summed E-state index contributed by atoms with van der Waals surface area (Å²) in [7, 11) is 0. The number of hydrogen-bond acceptors (Lipinski definition) is 2. The van der Waals surface area contributed by atoms with Gasteiger partial charge in [-0.2, -0.15) is 0 Å². The third-order valence-electron chi connectivity index (χ3n) is 4.80. The molecule has 1 N–H and O–H groups in total. The lowest BCUT2D eigenvalue weighted by atomic mass is 9.97. The van der Waals surface area contributed by atoms with E-state index in [2.05, 4.69) is 56.1 Å². The van der Waals surface area contributed by atoms with Crippen LogP contribution in [0.4, 0.5) is 0 Å². The van der Waals surface area contributed by atoms with E-state index in [9.17, 15) is 0 Å². The first-order valence-corrected chi connectivity index (χ1v) is 8.65. The molecule has 0 aromatic heterocycles. The van der Waals surface area contributed by atoms with Crippen molar-refractivity contribution in [3.63, 3.8) is 0 Å². The van der Waals surface area contributed by atoms with Gasteiger partial charge in [-0.1, -0.05) is 37.1 Å². The molecule has 2 rings (SSSR count). The lowest BCUT2D eigenvalue weighted by Gasteiger charge is -2.34. The number of unbranched alkanes of at least 4 members (excludes halogenated alkanes) is 1. The summed E-state index contributed by atoms with van der Waals surface area (Å²) in [6.45, 7) is 12.8. The van der Waals surface area contributed by atoms with E-state index in [0.717, 1.165) is 0 Å². The number of likely N-dealkylation sites (tertiary alicyclic amines) is 1. The number of benzene rings is 1. The molecule has 0 amide bonds. The molecule has 1 aliphatic heterocycles. The van der Waals surface area contributed by atoms with Gasteiger partial charge in [-0.05, 0) is 70.8 Å². The summed E-state index contributed by atoms with van der Waals surface area (Å²) in [5.74, 6) is 0. The molecule has 1 aromatic rings. The van der Waals surface area contributed by atoms with Crippen LogP contribution in [0.25, 0.3) is 0 Å². The van der Waals surface area contributed by atoms with Crippen LogP contribution in [-0.4, -0.2) is 30.6 Å². The first kappa shape index (κ1) is 16.5. The minimum absolute atomic E-state index is 0.456. The summed E-state index contributed by atoms with van der Waals surface area (Å²) in [6.07, 6.45) is 5.23. The molecule has 1 heterocycles. The molecule has 0 spiro atoms. The molecular weight excluding hydrogens is 256 g/mol. The van der Waals surface area contributed by atoms with Gasteiger partial charge in [0.15, 0.2) is 0 Å². The third-order valence-corrected chi connectivity index (χ3v) is 4.80. The van der Waals surface area contributed by atoms with Gasteiger partial charge in [0.05, 0.1) is 0 Å². The maximum atomic E-state index is 3.85. The maximum Gasteiger partial charge on any atom is 0.0297 e. The number of piperidine rings is 1. The molecule has 1 atom stereocenters. The Kier molecular flexibility index (Phi) is 6.25. The number of hydrogen-bond donors (Lipinski definition) is 1. The second kappa shape index (κ2) is 7.95. The highest BCUT2D eigenvalue weighted by molar-refractivity contribution is 5.32. The molecule has 0 saturated carbocycles. The van der Waals surface area contributed by atoms with Gasteiger partial charge in [-0.15, -0.1) is 0 Å². The molecule has 0 aliphatic carbocycles. The van der Waals surface area contributed by atoms with Gasteiger partial charge in [-0.25, -0.2) is 0 Å². The Labute approximate surface area is 130 Å². The summed E-state index contributed by atoms with van der Waals surface area (Å²) >= 11 is 0. The lowest BCUT2D eigenvalue weighted by molar-refractivity contribution is 0.190. The van der Waals surface area contributed by atoms with Crippen LogP contribution >= 0.6 is 0 Å². The van der Waals surface area contributed by atoms with Gasteiger partial charge in [-0.3, -0.25) is 0 Å². The summed E-state index contributed by atoms with van der Waals surface area (Å²) in [6, 6.07) is 7.92. The van der Waals surface area contributed by atoms with Crippen molar-refractivity contribution >= 4 is 0 Å². The van der Waals surface area contributed by atoms with Crippen LogP contribution in [0.15, 0.2) is 18.2 Å². The van der Waals surface area contributed by atoms with E-state index in [0.29, 0.717) is 12.1 Å². The van der Waals surface area contributed by atoms with Crippen molar-refractivity contribution in [1.29, 1.82) is 0 Å². The molecule has 118 valence electrons. The molecule has 1 saturated heterocycles. The molecule has 2 nitrogen and oxygen atoms in total. The third kappa shape index (κ3) is 4.82. The lowest BCUT2D eigenvalue weighted by Crippen LogP contribution is -2.43.